The highest BCUT2D eigenvalue weighted by Gasteiger charge is 2.34. The number of benzene rings is 1. The van der Waals surface area contributed by atoms with Gasteiger partial charge in [-0.1, -0.05) is 18.5 Å². The van der Waals surface area contributed by atoms with Crippen LogP contribution < -0.4 is 0 Å². The number of oxazole rings is 1. The van der Waals surface area contributed by atoms with Crippen molar-refractivity contribution in [2.24, 2.45) is 5.41 Å². The van der Waals surface area contributed by atoms with Gasteiger partial charge in [0.1, 0.15) is 0 Å². The molecule has 23 heavy (non-hydrogen) atoms. The van der Waals surface area contributed by atoms with E-state index in [2.05, 4.69) is 23.7 Å². The molecule has 0 spiro atoms. The minimum absolute atomic E-state index is 0.0297. The fourth-order valence-corrected chi connectivity index (χ4v) is 3.33. The van der Waals surface area contributed by atoms with Crippen LogP contribution >= 0.6 is 11.6 Å². The molecule has 1 aromatic carbocycles. The highest BCUT2D eigenvalue weighted by atomic mass is 35.5. The molecule has 124 valence electrons. The summed E-state index contributed by atoms with van der Waals surface area (Å²) in [5, 5.41) is 10.3. The molecule has 4 nitrogen and oxygen atoms in total. The Kier molecular flexibility index (Phi) is 4.76. The standard InChI is InChI=1S/C18H23ClN2O2/c1-13(21-9-3-8-18(2,11-21)12-22)17-20-10-16(23-17)14-4-6-15(19)7-5-14/h4-7,10,13,22H,3,8-9,11-12H2,1-2H3. The van der Waals surface area contributed by atoms with Crippen LogP contribution in [0, 0.1) is 5.41 Å². The van der Waals surface area contributed by atoms with Crippen LogP contribution in [0.25, 0.3) is 11.3 Å². The van der Waals surface area contributed by atoms with Crippen molar-refractivity contribution in [1.82, 2.24) is 9.88 Å². The normalized spacial score (nSPS) is 23.8. The Morgan fingerprint density at radius 2 is 2.13 bits per heavy atom. The van der Waals surface area contributed by atoms with E-state index < -0.39 is 0 Å². The van der Waals surface area contributed by atoms with Gasteiger partial charge in [-0.3, -0.25) is 4.90 Å². The van der Waals surface area contributed by atoms with Crippen LogP contribution in [0.5, 0.6) is 0 Å². The molecule has 0 aliphatic carbocycles. The molecular weight excluding hydrogens is 312 g/mol. The van der Waals surface area contributed by atoms with E-state index in [-0.39, 0.29) is 18.1 Å². The summed E-state index contributed by atoms with van der Waals surface area (Å²) < 4.78 is 5.97. The molecule has 1 fully saturated rings. The summed E-state index contributed by atoms with van der Waals surface area (Å²) in [5.41, 5.74) is 0.942. The highest BCUT2D eigenvalue weighted by molar-refractivity contribution is 6.30. The van der Waals surface area contributed by atoms with Crippen LogP contribution in [-0.4, -0.2) is 34.7 Å². The van der Waals surface area contributed by atoms with Gasteiger partial charge in [-0.25, -0.2) is 4.98 Å². The van der Waals surface area contributed by atoms with E-state index in [9.17, 15) is 5.11 Å². The monoisotopic (exact) mass is 334 g/mol. The first-order valence-electron chi connectivity index (χ1n) is 8.07. The Balaban J connectivity index is 1.75. The molecule has 1 aliphatic heterocycles. The zero-order chi connectivity index (χ0) is 16.4. The number of piperidine rings is 1. The second-order valence-corrected chi connectivity index (χ2v) is 7.22. The zero-order valence-electron chi connectivity index (χ0n) is 13.6. The van der Waals surface area contributed by atoms with Crippen molar-refractivity contribution in [3.63, 3.8) is 0 Å². The Hall–Kier alpha value is -1.36. The number of rotatable bonds is 4. The Morgan fingerprint density at radius 3 is 2.83 bits per heavy atom. The molecule has 5 heteroatoms. The molecule has 1 saturated heterocycles. The SMILES string of the molecule is CC(c1ncc(-c2ccc(Cl)cc2)o1)N1CCCC(C)(CO)C1. The second-order valence-electron chi connectivity index (χ2n) is 6.79. The number of halogens is 1. The number of hydrogen-bond donors (Lipinski definition) is 1. The number of aromatic nitrogens is 1. The van der Waals surface area contributed by atoms with Gasteiger partial charge < -0.3 is 9.52 Å². The average Bonchev–Trinajstić information content (AvgIpc) is 3.05. The van der Waals surface area contributed by atoms with E-state index in [1.807, 2.05) is 24.3 Å². The van der Waals surface area contributed by atoms with Crippen LogP contribution in [0.2, 0.25) is 5.02 Å². The largest absolute Gasteiger partial charge is 0.439 e. The Morgan fingerprint density at radius 1 is 1.39 bits per heavy atom. The molecule has 0 saturated carbocycles. The lowest BCUT2D eigenvalue weighted by atomic mass is 9.82. The number of nitrogens with zero attached hydrogens (tertiary/aromatic N) is 2. The van der Waals surface area contributed by atoms with Gasteiger partial charge in [0.15, 0.2) is 5.76 Å². The molecule has 2 unspecified atom stereocenters. The first-order valence-corrected chi connectivity index (χ1v) is 8.45. The van der Waals surface area contributed by atoms with Gasteiger partial charge in [0, 0.05) is 29.2 Å². The fraction of sp³-hybridized carbons (Fsp3) is 0.500. The summed E-state index contributed by atoms with van der Waals surface area (Å²) in [6.45, 7) is 6.34. The van der Waals surface area contributed by atoms with Crippen molar-refractivity contribution in [3.05, 3.63) is 41.4 Å². The maximum absolute atomic E-state index is 9.62. The molecule has 2 aromatic rings. The van der Waals surface area contributed by atoms with Gasteiger partial charge in [-0.2, -0.15) is 0 Å². The predicted octanol–water partition coefficient (Wildman–Crippen LogP) is 4.15. The van der Waals surface area contributed by atoms with Crippen LogP contribution in [0.4, 0.5) is 0 Å². The Bertz CT molecular complexity index is 655. The summed E-state index contributed by atoms with van der Waals surface area (Å²) in [5.74, 6) is 1.47. The smallest absolute Gasteiger partial charge is 0.211 e. The molecular formula is C18H23ClN2O2. The molecule has 0 bridgehead atoms. The predicted molar refractivity (Wildman–Crippen MR) is 91.4 cm³/mol. The van der Waals surface area contributed by atoms with E-state index in [1.165, 1.54) is 0 Å². The van der Waals surface area contributed by atoms with Gasteiger partial charge in [0.2, 0.25) is 5.89 Å². The minimum atomic E-state index is -0.0297. The first kappa shape index (κ1) is 16.5. The van der Waals surface area contributed by atoms with E-state index in [4.69, 9.17) is 16.0 Å². The van der Waals surface area contributed by atoms with Crippen molar-refractivity contribution in [1.29, 1.82) is 0 Å². The summed E-state index contributed by atoms with van der Waals surface area (Å²) in [4.78, 5) is 6.80. The van der Waals surface area contributed by atoms with E-state index in [0.717, 1.165) is 43.1 Å². The molecule has 0 amide bonds. The van der Waals surface area contributed by atoms with Crippen molar-refractivity contribution >= 4 is 11.6 Å². The van der Waals surface area contributed by atoms with Gasteiger partial charge in [-0.05, 0) is 50.6 Å². The van der Waals surface area contributed by atoms with Crippen molar-refractivity contribution in [2.45, 2.75) is 32.7 Å². The number of hydrogen-bond acceptors (Lipinski definition) is 4. The average molecular weight is 335 g/mol. The lowest BCUT2D eigenvalue weighted by molar-refractivity contribution is 0.0225. The summed E-state index contributed by atoms with van der Waals surface area (Å²) >= 11 is 5.92. The molecule has 2 atom stereocenters. The minimum Gasteiger partial charge on any atom is -0.439 e. The third-order valence-corrected chi connectivity index (χ3v) is 5.00. The molecule has 1 aromatic heterocycles. The van der Waals surface area contributed by atoms with Crippen LogP contribution in [-0.2, 0) is 0 Å². The van der Waals surface area contributed by atoms with E-state index in [1.54, 1.807) is 6.20 Å². The topological polar surface area (TPSA) is 49.5 Å². The second kappa shape index (κ2) is 6.63. The van der Waals surface area contributed by atoms with Crippen LogP contribution in [0.15, 0.2) is 34.9 Å². The van der Waals surface area contributed by atoms with Gasteiger partial charge >= 0.3 is 0 Å². The highest BCUT2D eigenvalue weighted by Crippen LogP contribution is 2.34. The molecule has 3 rings (SSSR count). The molecule has 2 heterocycles. The fourth-order valence-electron chi connectivity index (χ4n) is 3.20. The lowest BCUT2D eigenvalue weighted by Crippen LogP contribution is -2.44. The van der Waals surface area contributed by atoms with E-state index >= 15 is 0 Å². The lowest BCUT2D eigenvalue weighted by Gasteiger charge is -2.41. The summed E-state index contributed by atoms with van der Waals surface area (Å²) in [7, 11) is 0. The van der Waals surface area contributed by atoms with Gasteiger partial charge in [-0.15, -0.1) is 0 Å². The third-order valence-electron chi connectivity index (χ3n) is 4.75. The van der Waals surface area contributed by atoms with Crippen molar-refractivity contribution in [3.8, 4) is 11.3 Å². The summed E-state index contributed by atoms with van der Waals surface area (Å²) in [6, 6.07) is 7.66. The maximum atomic E-state index is 9.62. The number of aliphatic hydroxyl groups excluding tert-OH is 1. The summed E-state index contributed by atoms with van der Waals surface area (Å²) in [6.07, 6.45) is 3.92. The number of aliphatic hydroxyl groups is 1. The Labute approximate surface area is 142 Å². The first-order chi connectivity index (χ1) is 11.0. The van der Waals surface area contributed by atoms with Crippen LogP contribution in [0.1, 0.15) is 38.6 Å². The number of likely N-dealkylation sites (tertiary alicyclic amines) is 1. The van der Waals surface area contributed by atoms with Gasteiger partial charge in [0.25, 0.3) is 0 Å². The molecule has 1 aliphatic rings. The van der Waals surface area contributed by atoms with Gasteiger partial charge in [0.05, 0.1) is 12.2 Å². The zero-order valence-corrected chi connectivity index (χ0v) is 14.4. The molecule has 0 radical (unpaired) electrons. The van der Waals surface area contributed by atoms with Crippen LogP contribution in [0.3, 0.4) is 0 Å². The quantitative estimate of drug-likeness (QED) is 0.912. The maximum Gasteiger partial charge on any atom is 0.211 e. The van der Waals surface area contributed by atoms with Crippen molar-refractivity contribution in [2.75, 3.05) is 19.7 Å². The third kappa shape index (κ3) is 3.60. The van der Waals surface area contributed by atoms with E-state index in [0.29, 0.717) is 5.02 Å². The molecule has 1 N–H and O–H groups in total. The van der Waals surface area contributed by atoms with Crippen molar-refractivity contribution < 1.29 is 9.52 Å².